The summed E-state index contributed by atoms with van der Waals surface area (Å²) in [5.41, 5.74) is -0.444. The molecule has 2 amide bonds. The molecular weight excluding hydrogens is 442 g/mol. The number of amides is 2. The van der Waals surface area contributed by atoms with Crippen molar-refractivity contribution in [2.24, 2.45) is 5.41 Å². The summed E-state index contributed by atoms with van der Waals surface area (Å²) in [6.07, 6.45) is 5.48. The van der Waals surface area contributed by atoms with E-state index >= 15 is 0 Å². The van der Waals surface area contributed by atoms with Crippen molar-refractivity contribution in [2.75, 3.05) is 52.9 Å². The van der Waals surface area contributed by atoms with Gasteiger partial charge >= 0.3 is 0 Å². The summed E-state index contributed by atoms with van der Waals surface area (Å²) in [5.74, 6) is 0.825. The average molecular weight is 474 g/mol. The first kappa shape index (κ1) is 23.6. The van der Waals surface area contributed by atoms with Crippen LogP contribution >= 0.6 is 11.6 Å². The Morgan fingerprint density at radius 1 is 1.09 bits per heavy atom. The molecule has 2 aliphatic rings. The summed E-state index contributed by atoms with van der Waals surface area (Å²) in [7, 11) is 2.08. The third kappa shape index (κ3) is 6.26. The van der Waals surface area contributed by atoms with Gasteiger partial charge in [0.2, 0.25) is 11.8 Å². The fourth-order valence-electron chi connectivity index (χ4n) is 4.65. The van der Waals surface area contributed by atoms with Gasteiger partial charge in [-0.1, -0.05) is 17.7 Å². The molecule has 0 spiro atoms. The van der Waals surface area contributed by atoms with Gasteiger partial charge in [-0.15, -0.1) is 0 Å². The third-order valence-corrected chi connectivity index (χ3v) is 6.83. The van der Waals surface area contributed by atoms with E-state index in [1.54, 1.807) is 35.3 Å². The molecule has 0 radical (unpaired) electrons. The van der Waals surface area contributed by atoms with Gasteiger partial charge < -0.3 is 19.4 Å². The second kappa shape index (κ2) is 10.6. The van der Waals surface area contributed by atoms with Crippen molar-refractivity contribution in [3.63, 3.8) is 0 Å². The minimum Gasteiger partial charge on any atom is -0.493 e. The van der Waals surface area contributed by atoms with Crippen LogP contribution in [-0.4, -0.2) is 89.2 Å². The van der Waals surface area contributed by atoms with Crippen molar-refractivity contribution < 1.29 is 14.3 Å². The van der Waals surface area contributed by atoms with Crippen molar-refractivity contribution in [2.45, 2.75) is 25.8 Å². The van der Waals surface area contributed by atoms with Crippen molar-refractivity contribution in [1.82, 2.24) is 24.5 Å². The third-order valence-electron chi connectivity index (χ3n) is 6.59. The summed E-state index contributed by atoms with van der Waals surface area (Å²) in [4.78, 5) is 32.3. The molecular formula is C24H32ClN5O3. The second-order valence-corrected chi connectivity index (χ2v) is 9.67. The van der Waals surface area contributed by atoms with E-state index in [1.165, 1.54) is 0 Å². The molecule has 1 aromatic carbocycles. The monoisotopic (exact) mass is 473 g/mol. The summed E-state index contributed by atoms with van der Waals surface area (Å²) >= 11 is 6.13. The lowest BCUT2D eigenvalue weighted by molar-refractivity contribution is -0.142. The van der Waals surface area contributed by atoms with E-state index < -0.39 is 5.41 Å². The molecule has 2 saturated heterocycles. The van der Waals surface area contributed by atoms with Crippen LogP contribution in [0.15, 0.2) is 42.7 Å². The number of aromatic nitrogens is 2. The number of rotatable bonds is 7. The summed E-state index contributed by atoms with van der Waals surface area (Å²) < 4.78 is 7.79. The van der Waals surface area contributed by atoms with Crippen molar-refractivity contribution in [3.05, 3.63) is 47.7 Å². The Kier molecular flexibility index (Phi) is 7.55. The highest BCUT2D eigenvalue weighted by molar-refractivity contribution is 6.30. The maximum absolute atomic E-state index is 13.3. The van der Waals surface area contributed by atoms with Crippen LogP contribution in [0, 0.1) is 5.41 Å². The molecule has 1 aromatic heterocycles. The number of nitrogens with zero attached hydrogens (tertiary/aromatic N) is 5. The first-order valence-corrected chi connectivity index (χ1v) is 11.9. The highest BCUT2D eigenvalue weighted by Crippen LogP contribution is 2.36. The molecule has 0 saturated carbocycles. The van der Waals surface area contributed by atoms with Crippen LogP contribution in [0.4, 0.5) is 0 Å². The van der Waals surface area contributed by atoms with Gasteiger partial charge in [-0.25, -0.2) is 0 Å². The Morgan fingerprint density at radius 3 is 2.64 bits per heavy atom. The van der Waals surface area contributed by atoms with Gasteiger partial charge in [0.1, 0.15) is 12.3 Å². The molecule has 178 valence electrons. The number of hydrogen-bond acceptors (Lipinski definition) is 5. The van der Waals surface area contributed by atoms with Gasteiger partial charge in [0.15, 0.2) is 0 Å². The Morgan fingerprint density at radius 2 is 1.91 bits per heavy atom. The standard InChI is InChI=1S/C24H32ClN5O3/c1-27-11-13-28(14-12-27)22(31)16-24(19-33-21-6-2-5-20(25)15-21)7-3-9-29(18-24)23(32)17-30-10-4-8-26-30/h2,4-6,8,10,15H,3,7,9,11-14,16-19H2,1H3/t24-/m1/s1. The fourth-order valence-corrected chi connectivity index (χ4v) is 4.83. The summed E-state index contributed by atoms with van der Waals surface area (Å²) in [5, 5.41) is 4.76. The Hall–Kier alpha value is -2.58. The molecule has 0 unspecified atom stereocenters. The van der Waals surface area contributed by atoms with Gasteiger partial charge in [0, 0.05) is 68.5 Å². The average Bonchev–Trinajstić information content (AvgIpc) is 3.31. The highest BCUT2D eigenvalue weighted by atomic mass is 35.5. The van der Waals surface area contributed by atoms with Crippen LogP contribution in [0.2, 0.25) is 5.02 Å². The predicted octanol–water partition coefficient (Wildman–Crippen LogP) is 2.39. The second-order valence-electron chi connectivity index (χ2n) is 9.23. The van der Waals surface area contributed by atoms with Gasteiger partial charge in [-0.2, -0.15) is 5.10 Å². The number of hydrogen-bond donors (Lipinski definition) is 0. The van der Waals surface area contributed by atoms with Crippen LogP contribution in [0.3, 0.4) is 0 Å². The molecule has 2 aliphatic heterocycles. The number of ether oxygens (including phenoxy) is 1. The van der Waals surface area contributed by atoms with Gasteiger partial charge in [-0.3, -0.25) is 14.3 Å². The van der Waals surface area contributed by atoms with E-state index in [1.807, 2.05) is 21.9 Å². The van der Waals surface area contributed by atoms with Crippen molar-refractivity contribution in [1.29, 1.82) is 0 Å². The van der Waals surface area contributed by atoms with Crippen LogP contribution in [0.25, 0.3) is 0 Å². The number of likely N-dealkylation sites (tertiary alicyclic amines) is 1. The van der Waals surface area contributed by atoms with Crippen LogP contribution in [0.5, 0.6) is 5.75 Å². The Labute approximate surface area is 200 Å². The van der Waals surface area contributed by atoms with Crippen LogP contribution < -0.4 is 4.74 Å². The minimum absolute atomic E-state index is 0.0116. The largest absolute Gasteiger partial charge is 0.493 e. The van der Waals surface area contributed by atoms with Crippen LogP contribution in [-0.2, 0) is 16.1 Å². The summed E-state index contributed by atoms with van der Waals surface area (Å²) in [6, 6.07) is 9.10. The maximum Gasteiger partial charge on any atom is 0.244 e. The minimum atomic E-state index is -0.444. The Bertz CT molecular complexity index is 945. The smallest absolute Gasteiger partial charge is 0.244 e. The van der Waals surface area contributed by atoms with E-state index in [0.29, 0.717) is 36.9 Å². The number of halogens is 1. The molecule has 2 fully saturated rings. The molecule has 1 atom stereocenters. The Balaban J connectivity index is 1.48. The topological polar surface area (TPSA) is 70.9 Å². The number of piperidine rings is 1. The molecule has 0 aliphatic carbocycles. The zero-order valence-corrected chi connectivity index (χ0v) is 19.9. The molecule has 0 bridgehead atoms. The number of piperazine rings is 1. The maximum atomic E-state index is 13.3. The summed E-state index contributed by atoms with van der Waals surface area (Å²) in [6.45, 7) is 4.97. The SMILES string of the molecule is CN1CCN(C(=O)C[C@]2(COc3cccc(Cl)c3)CCCN(C(=O)Cn3cccn3)C2)CC1. The molecule has 4 rings (SSSR count). The number of carbonyl (C=O) groups is 2. The van der Waals surface area contributed by atoms with Gasteiger partial charge in [0.25, 0.3) is 0 Å². The van der Waals surface area contributed by atoms with Crippen molar-refractivity contribution >= 4 is 23.4 Å². The number of likely N-dealkylation sites (N-methyl/N-ethyl adjacent to an activating group) is 1. The molecule has 8 nitrogen and oxygen atoms in total. The molecule has 33 heavy (non-hydrogen) atoms. The van der Waals surface area contributed by atoms with E-state index in [4.69, 9.17) is 16.3 Å². The van der Waals surface area contributed by atoms with Crippen molar-refractivity contribution in [3.8, 4) is 5.75 Å². The number of benzene rings is 1. The van der Waals surface area contributed by atoms with E-state index in [0.717, 1.165) is 39.0 Å². The zero-order chi connectivity index (χ0) is 23.3. The lowest BCUT2D eigenvalue weighted by Crippen LogP contribution is -2.53. The van der Waals surface area contributed by atoms with E-state index in [2.05, 4.69) is 17.0 Å². The molecule has 3 heterocycles. The number of carbonyl (C=O) groups excluding carboxylic acids is 2. The highest BCUT2D eigenvalue weighted by Gasteiger charge is 2.41. The molecule has 0 N–H and O–H groups in total. The predicted molar refractivity (Wildman–Crippen MR) is 126 cm³/mol. The van der Waals surface area contributed by atoms with Crippen LogP contribution in [0.1, 0.15) is 19.3 Å². The fraction of sp³-hybridized carbons (Fsp3) is 0.542. The quantitative estimate of drug-likeness (QED) is 0.617. The first-order chi connectivity index (χ1) is 15.9. The normalized spacial score (nSPS) is 21.8. The zero-order valence-electron chi connectivity index (χ0n) is 19.2. The first-order valence-electron chi connectivity index (χ1n) is 11.5. The lowest BCUT2D eigenvalue weighted by atomic mass is 9.77. The van der Waals surface area contributed by atoms with E-state index in [-0.39, 0.29) is 18.4 Å². The molecule has 9 heteroatoms. The van der Waals surface area contributed by atoms with E-state index in [9.17, 15) is 9.59 Å². The lowest BCUT2D eigenvalue weighted by Gasteiger charge is -2.43. The van der Waals surface area contributed by atoms with Gasteiger partial charge in [0.05, 0.1) is 6.61 Å². The van der Waals surface area contributed by atoms with Gasteiger partial charge in [-0.05, 0) is 44.2 Å². The molecule has 2 aromatic rings.